The number of anilines is 2. The molecule has 3 aromatic rings. The predicted octanol–water partition coefficient (Wildman–Crippen LogP) is 5.61. The second-order valence-corrected chi connectivity index (χ2v) is 6.50. The number of ether oxygens (including phenoxy) is 1. The lowest BCUT2D eigenvalue weighted by molar-refractivity contribution is -0.137. The van der Waals surface area contributed by atoms with Gasteiger partial charge in [0.15, 0.2) is 0 Å². The van der Waals surface area contributed by atoms with Crippen molar-refractivity contribution in [1.29, 1.82) is 0 Å². The second kappa shape index (κ2) is 9.34. The van der Waals surface area contributed by atoms with Gasteiger partial charge < -0.3 is 15.4 Å². The molecule has 0 aromatic heterocycles. The van der Waals surface area contributed by atoms with E-state index in [2.05, 4.69) is 10.6 Å². The van der Waals surface area contributed by atoms with Gasteiger partial charge in [0.05, 0.1) is 17.7 Å². The van der Waals surface area contributed by atoms with Crippen LogP contribution in [0.25, 0.3) is 0 Å². The van der Waals surface area contributed by atoms with Gasteiger partial charge >= 0.3 is 6.18 Å². The van der Waals surface area contributed by atoms with E-state index in [1.807, 2.05) is 0 Å². The minimum absolute atomic E-state index is 0.0138. The molecule has 160 valence electrons. The van der Waals surface area contributed by atoms with Crippen molar-refractivity contribution in [2.24, 2.45) is 0 Å². The molecule has 0 heterocycles. The molecule has 0 atom stereocenters. The number of hydrogen-bond acceptors (Lipinski definition) is 3. The lowest BCUT2D eigenvalue weighted by Crippen LogP contribution is -2.16. The van der Waals surface area contributed by atoms with Gasteiger partial charge in [-0.25, -0.2) is 0 Å². The van der Waals surface area contributed by atoms with Gasteiger partial charge in [-0.3, -0.25) is 9.59 Å². The maximum atomic E-state index is 12.9. The Kier molecular flexibility index (Phi) is 6.59. The van der Waals surface area contributed by atoms with Crippen molar-refractivity contribution in [2.45, 2.75) is 13.1 Å². The molecule has 0 aliphatic carbocycles. The van der Waals surface area contributed by atoms with Crippen LogP contribution in [0.15, 0.2) is 72.8 Å². The van der Waals surface area contributed by atoms with Gasteiger partial charge in [0, 0.05) is 16.9 Å². The highest BCUT2D eigenvalue weighted by Crippen LogP contribution is 2.30. The van der Waals surface area contributed by atoms with Crippen LogP contribution in [0, 0.1) is 0 Å². The fraction of sp³-hybridized carbons (Fsp3) is 0.130. The molecule has 0 saturated heterocycles. The van der Waals surface area contributed by atoms with E-state index in [0.29, 0.717) is 23.6 Å². The third-order valence-electron chi connectivity index (χ3n) is 4.26. The minimum Gasteiger partial charge on any atom is -0.493 e. The Hall–Kier alpha value is -3.81. The first-order valence-electron chi connectivity index (χ1n) is 9.40. The van der Waals surface area contributed by atoms with Gasteiger partial charge in [0.1, 0.15) is 5.75 Å². The lowest BCUT2D eigenvalue weighted by atomic mass is 10.1. The standard InChI is InChI=1S/C23H19F3N2O3/c1-2-31-20-12-4-3-11-19(20)22(30)28-17-9-5-7-15(13-17)21(29)27-18-10-6-8-16(14-18)23(24,25)26/h3-14H,2H2,1H3,(H,27,29)(H,28,30). The minimum atomic E-state index is -4.51. The van der Waals surface area contributed by atoms with Crippen LogP contribution in [0.5, 0.6) is 5.75 Å². The third kappa shape index (κ3) is 5.63. The molecule has 0 spiro atoms. The number of para-hydroxylation sites is 1. The number of hydrogen-bond donors (Lipinski definition) is 2. The molecule has 0 fully saturated rings. The highest BCUT2D eigenvalue weighted by molar-refractivity contribution is 6.08. The first-order valence-corrected chi connectivity index (χ1v) is 9.40. The second-order valence-electron chi connectivity index (χ2n) is 6.50. The van der Waals surface area contributed by atoms with E-state index in [0.717, 1.165) is 12.1 Å². The topological polar surface area (TPSA) is 67.4 Å². The molecular weight excluding hydrogens is 409 g/mol. The highest BCUT2D eigenvalue weighted by Gasteiger charge is 2.30. The average molecular weight is 428 g/mol. The Balaban J connectivity index is 1.75. The van der Waals surface area contributed by atoms with Crippen LogP contribution in [0.3, 0.4) is 0 Å². The maximum absolute atomic E-state index is 12.9. The quantitative estimate of drug-likeness (QED) is 0.536. The van der Waals surface area contributed by atoms with E-state index in [1.54, 1.807) is 43.3 Å². The molecule has 0 radical (unpaired) electrons. The van der Waals surface area contributed by atoms with E-state index >= 15 is 0 Å². The Morgan fingerprint density at radius 2 is 1.48 bits per heavy atom. The number of amides is 2. The Labute approximate surface area is 176 Å². The van der Waals surface area contributed by atoms with Crippen LogP contribution in [0.2, 0.25) is 0 Å². The zero-order valence-corrected chi connectivity index (χ0v) is 16.5. The van der Waals surface area contributed by atoms with Crippen LogP contribution in [0.4, 0.5) is 24.5 Å². The SMILES string of the molecule is CCOc1ccccc1C(=O)Nc1cccc(C(=O)Nc2cccc(C(F)(F)F)c2)c1. The largest absolute Gasteiger partial charge is 0.493 e. The summed E-state index contributed by atoms with van der Waals surface area (Å²) in [7, 11) is 0. The van der Waals surface area contributed by atoms with Gasteiger partial charge in [0.2, 0.25) is 0 Å². The fourth-order valence-corrected chi connectivity index (χ4v) is 2.85. The molecule has 2 amide bonds. The van der Waals surface area contributed by atoms with E-state index in [4.69, 9.17) is 4.74 Å². The third-order valence-corrected chi connectivity index (χ3v) is 4.26. The summed E-state index contributed by atoms with van der Waals surface area (Å²) in [5.41, 5.74) is 0.0173. The smallest absolute Gasteiger partial charge is 0.416 e. The van der Waals surface area contributed by atoms with Gasteiger partial charge in [-0.05, 0) is 55.5 Å². The Bertz CT molecular complexity index is 1100. The van der Waals surface area contributed by atoms with Crippen molar-refractivity contribution in [2.75, 3.05) is 17.2 Å². The van der Waals surface area contributed by atoms with Crippen LogP contribution in [-0.2, 0) is 6.18 Å². The van der Waals surface area contributed by atoms with Crippen molar-refractivity contribution in [1.82, 2.24) is 0 Å². The molecule has 5 nitrogen and oxygen atoms in total. The molecule has 31 heavy (non-hydrogen) atoms. The van der Waals surface area contributed by atoms with E-state index in [9.17, 15) is 22.8 Å². The van der Waals surface area contributed by atoms with Gasteiger partial charge in [-0.15, -0.1) is 0 Å². The van der Waals surface area contributed by atoms with Crippen molar-refractivity contribution in [3.63, 3.8) is 0 Å². The monoisotopic (exact) mass is 428 g/mol. The van der Waals surface area contributed by atoms with Gasteiger partial charge in [0.25, 0.3) is 11.8 Å². The highest BCUT2D eigenvalue weighted by atomic mass is 19.4. The number of benzene rings is 3. The number of alkyl halides is 3. The Morgan fingerprint density at radius 1 is 0.839 bits per heavy atom. The molecule has 0 aliphatic rings. The fourth-order valence-electron chi connectivity index (χ4n) is 2.85. The van der Waals surface area contributed by atoms with E-state index in [1.165, 1.54) is 24.3 Å². The van der Waals surface area contributed by atoms with Crippen molar-refractivity contribution < 1.29 is 27.5 Å². The molecule has 3 rings (SSSR count). The zero-order chi connectivity index (χ0) is 22.4. The van der Waals surface area contributed by atoms with Crippen molar-refractivity contribution in [3.05, 3.63) is 89.5 Å². The van der Waals surface area contributed by atoms with Gasteiger partial charge in [-0.2, -0.15) is 13.2 Å². The molecular formula is C23H19F3N2O3. The number of nitrogens with one attached hydrogen (secondary N) is 2. The number of carbonyl (C=O) groups excluding carboxylic acids is 2. The van der Waals surface area contributed by atoms with Crippen molar-refractivity contribution >= 4 is 23.2 Å². The maximum Gasteiger partial charge on any atom is 0.416 e. The first kappa shape index (κ1) is 21.9. The number of halogens is 3. The summed E-state index contributed by atoms with van der Waals surface area (Å²) >= 11 is 0. The molecule has 3 aromatic carbocycles. The summed E-state index contributed by atoms with van der Waals surface area (Å²) in [6.07, 6.45) is -4.51. The summed E-state index contributed by atoms with van der Waals surface area (Å²) in [5, 5.41) is 5.13. The zero-order valence-electron chi connectivity index (χ0n) is 16.5. The summed E-state index contributed by atoms with van der Waals surface area (Å²) in [4.78, 5) is 25.1. The normalized spacial score (nSPS) is 11.0. The molecule has 0 saturated carbocycles. The summed E-state index contributed by atoms with van der Waals surface area (Å²) in [6.45, 7) is 2.21. The van der Waals surface area contributed by atoms with Crippen LogP contribution in [-0.4, -0.2) is 18.4 Å². The summed E-state index contributed by atoms with van der Waals surface area (Å²) in [6, 6.07) is 17.2. The van der Waals surface area contributed by atoms with Crippen molar-refractivity contribution in [3.8, 4) is 5.75 Å². The molecule has 8 heteroatoms. The van der Waals surface area contributed by atoms with Crippen LogP contribution < -0.4 is 15.4 Å². The van der Waals surface area contributed by atoms with E-state index in [-0.39, 0.29) is 11.3 Å². The Morgan fingerprint density at radius 3 is 2.19 bits per heavy atom. The van der Waals surface area contributed by atoms with Crippen LogP contribution >= 0.6 is 0 Å². The number of rotatable bonds is 6. The van der Waals surface area contributed by atoms with E-state index < -0.39 is 23.6 Å². The molecule has 0 bridgehead atoms. The summed E-state index contributed by atoms with van der Waals surface area (Å²) in [5.74, 6) is -0.592. The molecule has 0 unspecified atom stereocenters. The van der Waals surface area contributed by atoms with Gasteiger partial charge in [-0.1, -0.05) is 24.3 Å². The number of carbonyl (C=O) groups is 2. The molecule has 2 N–H and O–H groups in total. The first-order chi connectivity index (χ1) is 14.8. The average Bonchev–Trinajstić information content (AvgIpc) is 2.74. The predicted molar refractivity (Wildman–Crippen MR) is 111 cm³/mol. The lowest BCUT2D eigenvalue weighted by Gasteiger charge is -2.12. The molecule has 0 aliphatic heterocycles. The van der Waals surface area contributed by atoms with Crippen LogP contribution in [0.1, 0.15) is 33.2 Å². The summed E-state index contributed by atoms with van der Waals surface area (Å²) < 4.78 is 44.0.